The normalized spacial score (nSPS) is 18.0. The molecule has 1 aromatic heterocycles. The van der Waals surface area contributed by atoms with Gasteiger partial charge in [-0.05, 0) is 72.9 Å². The number of hydrogen-bond acceptors (Lipinski definition) is 6. The van der Waals surface area contributed by atoms with E-state index in [1.807, 2.05) is 36.4 Å². The highest BCUT2D eigenvalue weighted by atomic mass is 35.5. The van der Waals surface area contributed by atoms with Gasteiger partial charge >= 0.3 is 0 Å². The highest BCUT2D eigenvalue weighted by molar-refractivity contribution is 7.89. The Kier molecular flexibility index (Phi) is 6.96. The minimum Gasteiger partial charge on any atom is -0.376 e. The number of amides is 1. The van der Waals surface area contributed by atoms with Gasteiger partial charge in [0, 0.05) is 30.3 Å². The predicted molar refractivity (Wildman–Crippen MR) is 149 cm³/mol. The summed E-state index contributed by atoms with van der Waals surface area (Å²) in [5.74, 6) is -0.249. The molecule has 1 amide bonds. The Morgan fingerprint density at radius 2 is 1.89 bits per heavy atom. The molecule has 2 aliphatic heterocycles. The Morgan fingerprint density at radius 1 is 1.11 bits per heavy atom. The highest BCUT2D eigenvalue weighted by Gasteiger charge is 2.30. The number of sulfonamides is 1. The maximum Gasteiger partial charge on any atom is 0.260 e. The summed E-state index contributed by atoms with van der Waals surface area (Å²) in [6.07, 6.45) is 2.43. The lowest BCUT2D eigenvalue weighted by atomic mass is 10.0. The molecule has 2 aliphatic rings. The molecule has 1 saturated heterocycles. The van der Waals surface area contributed by atoms with Crippen LogP contribution in [0.5, 0.6) is 0 Å². The molecule has 196 valence electrons. The van der Waals surface area contributed by atoms with Gasteiger partial charge in [-0.3, -0.25) is 9.69 Å². The molecule has 1 unspecified atom stereocenters. The molecule has 0 N–H and O–H groups in total. The van der Waals surface area contributed by atoms with Gasteiger partial charge < -0.3 is 4.74 Å². The number of fused-ring (bicyclic) bond motifs is 2. The molecule has 0 spiro atoms. The zero-order chi connectivity index (χ0) is 26.3. The van der Waals surface area contributed by atoms with E-state index in [9.17, 15) is 13.2 Å². The van der Waals surface area contributed by atoms with Crippen LogP contribution in [0.15, 0.2) is 71.6 Å². The zero-order valence-corrected chi connectivity index (χ0v) is 22.9. The smallest absolute Gasteiger partial charge is 0.260 e. The van der Waals surface area contributed by atoms with E-state index in [2.05, 4.69) is 4.98 Å². The van der Waals surface area contributed by atoms with E-state index in [1.54, 1.807) is 23.1 Å². The third-order valence-electron chi connectivity index (χ3n) is 7.06. The van der Waals surface area contributed by atoms with Crippen molar-refractivity contribution in [2.75, 3.05) is 24.6 Å². The number of aromatic nitrogens is 1. The second kappa shape index (κ2) is 10.4. The predicted octanol–water partition coefficient (Wildman–Crippen LogP) is 5.52. The molecule has 10 heteroatoms. The van der Waals surface area contributed by atoms with Gasteiger partial charge in [0.25, 0.3) is 5.91 Å². The van der Waals surface area contributed by atoms with Gasteiger partial charge in [0.2, 0.25) is 10.0 Å². The number of anilines is 1. The molecule has 38 heavy (non-hydrogen) atoms. The fourth-order valence-corrected chi connectivity index (χ4v) is 7.66. The minimum atomic E-state index is -3.69. The van der Waals surface area contributed by atoms with Crippen LogP contribution < -0.4 is 4.90 Å². The van der Waals surface area contributed by atoms with Crippen molar-refractivity contribution in [1.29, 1.82) is 0 Å². The number of carbonyl (C=O) groups is 1. The Morgan fingerprint density at radius 3 is 2.66 bits per heavy atom. The summed E-state index contributed by atoms with van der Waals surface area (Å²) in [4.78, 5) is 20.2. The molecule has 0 radical (unpaired) electrons. The van der Waals surface area contributed by atoms with Crippen molar-refractivity contribution in [3.8, 4) is 0 Å². The zero-order valence-electron chi connectivity index (χ0n) is 20.5. The molecule has 3 heterocycles. The first-order valence-corrected chi connectivity index (χ1v) is 15.2. The van der Waals surface area contributed by atoms with E-state index in [-0.39, 0.29) is 16.9 Å². The van der Waals surface area contributed by atoms with Crippen molar-refractivity contribution >= 4 is 54.2 Å². The molecule has 1 atom stereocenters. The number of thiazole rings is 1. The third kappa shape index (κ3) is 4.97. The number of ether oxygens (including phenoxy) is 1. The third-order valence-corrected chi connectivity index (χ3v) is 10.2. The second-order valence-corrected chi connectivity index (χ2v) is 12.9. The largest absolute Gasteiger partial charge is 0.376 e. The maximum absolute atomic E-state index is 13.7. The van der Waals surface area contributed by atoms with Crippen LogP contribution in [0.1, 0.15) is 34.3 Å². The number of benzene rings is 3. The number of halogens is 1. The summed E-state index contributed by atoms with van der Waals surface area (Å²) in [6, 6.07) is 19.6. The first-order valence-electron chi connectivity index (χ1n) is 12.5. The summed E-state index contributed by atoms with van der Waals surface area (Å²) < 4.78 is 35.0. The van der Waals surface area contributed by atoms with Gasteiger partial charge in [-0.25, -0.2) is 13.4 Å². The van der Waals surface area contributed by atoms with Crippen molar-refractivity contribution in [3.63, 3.8) is 0 Å². The first kappa shape index (κ1) is 25.5. The summed E-state index contributed by atoms with van der Waals surface area (Å²) in [5, 5.41) is 1.17. The van der Waals surface area contributed by atoms with Gasteiger partial charge in [-0.15, -0.1) is 0 Å². The lowest BCUT2D eigenvalue weighted by Crippen LogP contribution is -2.37. The quantitative estimate of drug-likeness (QED) is 0.306. The average Bonchev–Trinajstić information content (AvgIpc) is 3.60. The first-order chi connectivity index (χ1) is 18.4. The van der Waals surface area contributed by atoms with Crippen LogP contribution >= 0.6 is 22.9 Å². The molecule has 0 saturated carbocycles. The van der Waals surface area contributed by atoms with Crippen LogP contribution in [0.2, 0.25) is 5.02 Å². The van der Waals surface area contributed by atoms with Gasteiger partial charge in [-0.1, -0.05) is 47.2 Å². The topological polar surface area (TPSA) is 79.8 Å². The number of nitrogens with zero attached hydrogens (tertiary/aromatic N) is 3. The number of rotatable bonds is 6. The van der Waals surface area contributed by atoms with Crippen molar-refractivity contribution in [2.45, 2.75) is 36.8 Å². The number of hydrogen-bond donors (Lipinski definition) is 0. The van der Waals surface area contributed by atoms with E-state index in [4.69, 9.17) is 16.3 Å². The molecule has 1 fully saturated rings. The highest BCUT2D eigenvalue weighted by Crippen LogP contribution is 2.33. The van der Waals surface area contributed by atoms with E-state index < -0.39 is 10.0 Å². The van der Waals surface area contributed by atoms with E-state index >= 15 is 0 Å². The van der Waals surface area contributed by atoms with Crippen LogP contribution in [-0.2, 0) is 27.7 Å². The van der Waals surface area contributed by atoms with E-state index in [1.165, 1.54) is 33.3 Å². The molecular weight excluding hydrogens is 542 g/mol. The average molecular weight is 568 g/mol. The number of carbonyl (C=O) groups excluding carboxylic acids is 1. The molecule has 6 rings (SSSR count). The van der Waals surface area contributed by atoms with Gasteiger partial charge in [0.15, 0.2) is 5.13 Å². The molecule has 3 aromatic carbocycles. The van der Waals surface area contributed by atoms with Crippen LogP contribution in [0.3, 0.4) is 0 Å². The monoisotopic (exact) mass is 567 g/mol. The molecular formula is C28H26ClN3O4S2. The van der Waals surface area contributed by atoms with Gasteiger partial charge in [0.1, 0.15) is 0 Å². The fourth-order valence-electron chi connectivity index (χ4n) is 4.99. The summed E-state index contributed by atoms with van der Waals surface area (Å²) in [5.41, 5.74) is 3.37. The lowest BCUT2D eigenvalue weighted by Gasteiger charge is -2.28. The van der Waals surface area contributed by atoms with Gasteiger partial charge in [0.05, 0.1) is 27.8 Å². The SMILES string of the molecule is O=C(c1ccc(S(=O)(=O)N2CCc3ccccc3C2)cc1)N(CC1CCCO1)c1nc2ccc(Cl)cc2s1. The fraction of sp³-hybridized carbons (Fsp3) is 0.286. The van der Waals surface area contributed by atoms with Crippen LogP contribution in [0, 0.1) is 0 Å². The summed E-state index contributed by atoms with van der Waals surface area (Å²) in [7, 11) is -3.69. The summed E-state index contributed by atoms with van der Waals surface area (Å²) >= 11 is 7.56. The van der Waals surface area contributed by atoms with E-state index in [0.29, 0.717) is 48.4 Å². The second-order valence-electron chi connectivity index (χ2n) is 9.54. The summed E-state index contributed by atoms with van der Waals surface area (Å²) in [6.45, 7) is 1.82. The van der Waals surface area contributed by atoms with Gasteiger partial charge in [-0.2, -0.15) is 4.31 Å². The van der Waals surface area contributed by atoms with Crippen molar-refractivity contribution in [2.24, 2.45) is 0 Å². The Bertz CT molecular complexity index is 1600. The van der Waals surface area contributed by atoms with Crippen molar-refractivity contribution < 1.29 is 17.9 Å². The van der Waals surface area contributed by atoms with Crippen LogP contribution in [0.25, 0.3) is 10.2 Å². The molecule has 4 aromatic rings. The lowest BCUT2D eigenvalue weighted by molar-refractivity contribution is 0.0917. The minimum absolute atomic E-state index is 0.0730. The van der Waals surface area contributed by atoms with Crippen molar-refractivity contribution in [1.82, 2.24) is 9.29 Å². The van der Waals surface area contributed by atoms with E-state index in [0.717, 1.165) is 28.6 Å². The standard InChI is InChI=1S/C28H26ClN3O4S2/c29-22-9-12-25-26(16-22)37-28(30-25)32(18-23-6-3-15-36-23)27(33)20-7-10-24(11-8-20)38(34,35)31-14-13-19-4-1-2-5-21(19)17-31/h1-2,4-5,7-12,16,23H,3,6,13-15,17-18H2. The Balaban J connectivity index is 1.26. The molecule has 7 nitrogen and oxygen atoms in total. The Hall–Kier alpha value is -2.82. The van der Waals surface area contributed by atoms with Crippen molar-refractivity contribution in [3.05, 3.63) is 88.4 Å². The maximum atomic E-state index is 13.7. The Labute approximate surface area is 230 Å². The van der Waals surface area contributed by atoms with Crippen LogP contribution in [0.4, 0.5) is 5.13 Å². The molecule has 0 aliphatic carbocycles. The van der Waals surface area contributed by atoms with Crippen LogP contribution in [-0.4, -0.2) is 49.4 Å². The molecule has 0 bridgehead atoms.